The van der Waals surface area contributed by atoms with Crippen LogP contribution in [0, 0.1) is 6.92 Å². The van der Waals surface area contributed by atoms with Crippen LogP contribution >= 0.6 is 0 Å². The van der Waals surface area contributed by atoms with Crippen molar-refractivity contribution in [2.24, 2.45) is 0 Å². The van der Waals surface area contributed by atoms with Crippen molar-refractivity contribution in [3.05, 3.63) is 107 Å². The molecule has 3 aromatic carbocycles. The number of nitrogens with zero attached hydrogens (tertiary/aromatic N) is 1. The topological polar surface area (TPSA) is 76.1 Å². The molecule has 0 aromatic heterocycles. The number of ether oxygens (including phenoxy) is 2. The van der Waals surface area contributed by atoms with Crippen LogP contribution in [0.4, 0.5) is 0 Å². The minimum atomic E-state index is -0.687. The van der Waals surface area contributed by atoms with Crippen molar-refractivity contribution >= 4 is 17.4 Å². The number of Topliss-reactive ketones (excluding diaryl/α,β-unsaturated/α-hetero) is 1. The number of carbonyl (C=O) groups excluding carboxylic acids is 2. The molecule has 180 valence electrons. The summed E-state index contributed by atoms with van der Waals surface area (Å²) in [6, 6.07) is 23.6. The van der Waals surface area contributed by atoms with Crippen LogP contribution in [0.15, 0.2) is 84.4 Å². The van der Waals surface area contributed by atoms with E-state index in [4.69, 9.17) is 9.47 Å². The van der Waals surface area contributed by atoms with Gasteiger partial charge in [0.1, 0.15) is 18.1 Å². The number of ketones is 1. The first kappa shape index (κ1) is 24.2. The minimum Gasteiger partial charge on any atom is -0.507 e. The third-order valence-electron chi connectivity index (χ3n) is 6.02. The fourth-order valence-electron chi connectivity index (χ4n) is 4.30. The van der Waals surface area contributed by atoms with Gasteiger partial charge < -0.3 is 19.5 Å². The third kappa shape index (κ3) is 5.44. The molecule has 1 amide bonds. The van der Waals surface area contributed by atoms with Gasteiger partial charge >= 0.3 is 0 Å². The van der Waals surface area contributed by atoms with E-state index >= 15 is 0 Å². The second-order valence-electron chi connectivity index (χ2n) is 8.55. The van der Waals surface area contributed by atoms with Gasteiger partial charge in [0.25, 0.3) is 11.7 Å². The molecule has 0 radical (unpaired) electrons. The van der Waals surface area contributed by atoms with E-state index in [-0.39, 0.29) is 11.3 Å². The number of hydrogen-bond donors (Lipinski definition) is 1. The SMILES string of the molecule is COCCCN1C(=O)C(=O)/C(=C(/O)c2ccc(OCc3cccc(C)c3)cc2)[C@H]1c1ccccc1. The Bertz CT molecular complexity index is 1220. The van der Waals surface area contributed by atoms with Gasteiger partial charge in [-0.05, 0) is 48.7 Å². The number of aliphatic hydroxyl groups excluding tert-OH is 1. The second-order valence-corrected chi connectivity index (χ2v) is 8.55. The number of benzene rings is 3. The molecule has 1 aliphatic rings. The summed E-state index contributed by atoms with van der Waals surface area (Å²) in [5.41, 5.74) is 3.53. The molecule has 1 aliphatic heterocycles. The van der Waals surface area contributed by atoms with E-state index in [2.05, 4.69) is 6.07 Å². The van der Waals surface area contributed by atoms with Crippen molar-refractivity contribution < 1.29 is 24.2 Å². The highest BCUT2D eigenvalue weighted by atomic mass is 16.5. The summed E-state index contributed by atoms with van der Waals surface area (Å²) >= 11 is 0. The van der Waals surface area contributed by atoms with Crippen LogP contribution in [0.5, 0.6) is 5.75 Å². The smallest absolute Gasteiger partial charge is 0.295 e. The van der Waals surface area contributed by atoms with Gasteiger partial charge in [0.05, 0.1) is 11.6 Å². The first-order valence-corrected chi connectivity index (χ1v) is 11.6. The van der Waals surface area contributed by atoms with Crippen LogP contribution in [-0.4, -0.2) is 42.0 Å². The molecule has 1 saturated heterocycles. The number of rotatable bonds is 9. The maximum Gasteiger partial charge on any atom is 0.295 e. The van der Waals surface area contributed by atoms with Gasteiger partial charge in [0.15, 0.2) is 0 Å². The molecule has 6 heteroatoms. The van der Waals surface area contributed by atoms with E-state index in [1.807, 2.05) is 55.5 Å². The standard InChI is InChI=1S/C29H29NO5/c1-20-8-6-9-21(18-20)19-35-24-14-12-23(13-15-24)27(31)25-26(22-10-4-3-5-11-22)30(16-7-17-34-2)29(33)28(25)32/h3-6,8-15,18,26,31H,7,16-17,19H2,1-2H3/b27-25+/t26-/m1/s1. The molecular weight excluding hydrogens is 442 g/mol. The molecule has 0 bridgehead atoms. The zero-order chi connectivity index (χ0) is 24.8. The lowest BCUT2D eigenvalue weighted by Gasteiger charge is -2.25. The summed E-state index contributed by atoms with van der Waals surface area (Å²) in [5, 5.41) is 11.2. The molecule has 1 fully saturated rings. The Morgan fingerprint density at radius 1 is 0.971 bits per heavy atom. The van der Waals surface area contributed by atoms with Crippen LogP contribution in [-0.2, 0) is 20.9 Å². The van der Waals surface area contributed by atoms with Crippen LogP contribution in [0.1, 0.15) is 34.7 Å². The highest BCUT2D eigenvalue weighted by molar-refractivity contribution is 6.46. The fourth-order valence-corrected chi connectivity index (χ4v) is 4.30. The van der Waals surface area contributed by atoms with Crippen molar-refractivity contribution in [3.63, 3.8) is 0 Å². The van der Waals surface area contributed by atoms with E-state index in [9.17, 15) is 14.7 Å². The van der Waals surface area contributed by atoms with Crippen molar-refractivity contribution in [1.29, 1.82) is 0 Å². The van der Waals surface area contributed by atoms with Crippen molar-refractivity contribution in [2.45, 2.75) is 26.0 Å². The van der Waals surface area contributed by atoms with Gasteiger partial charge in [0, 0.05) is 25.8 Å². The number of hydrogen-bond acceptors (Lipinski definition) is 5. The predicted octanol–water partition coefficient (Wildman–Crippen LogP) is 5.03. The molecule has 0 saturated carbocycles. The molecule has 0 aliphatic carbocycles. The Kier molecular flexibility index (Phi) is 7.63. The van der Waals surface area contributed by atoms with Crippen LogP contribution < -0.4 is 4.74 Å². The van der Waals surface area contributed by atoms with E-state index in [0.717, 1.165) is 16.7 Å². The lowest BCUT2D eigenvalue weighted by Crippen LogP contribution is -2.31. The maximum absolute atomic E-state index is 13.0. The van der Waals surface area contributed by atoms with Crippen LogP contribution in [0.3, 0.4) is 0 Å². The van der Waals surface area contributed by atoms with Gasteiger partial charge in [-0.25, -0.2) is 0 Å². The second kappa shape index (κ2) is 11.0. The van der Waals surface area contributed by atoms with Crippen LogP contribution in [0.2, 0.25) is 0 Å². The molecule has 4 rings (SSSR count). The monoisotopic (exact) mass is 471 g/mol. The molecule has 0 unspecified atom stereocenters. The Morgan fingerprint density at radius 3 is 2.40 bits per heavy atom. The minimum absolute atomic E-state index is 0.0899. The van der Waals surface area contributed by atoms with Gasteiger partial charge in [-0.15, -0.1) is 0 Å². The molecule has 6 nitrogen and oxygen atoms in total. The average Bonchev–Trinajstić information content (AvgIpc) is 3.13. The van der Waals surface area contributed by atoms with E-state index in [0.29, 0.717) is 37.5 Å². The number of aryl methyl sites for hydroxylation is 1. The largest absolute Gasteiger partial charge is 0.507 e. The molecule has 1 N–H and O–H groups in total. The number of carbonyl (C=O) groups is 2. The third-order valence-corrected chi connectivity index (χ3v) is 6.02. The molecule has 3 aromatic rings. The molecular formula is C29H29NO5. The number of methoxy groups -OCH3 is 1. The number of likely N-dealkylation sites (tertiary alicyclic amines) is 1. The lowest BCUT2D eigenvalue weighted by molar-refractivity contribution is -0.140. The summed E-state index contributed by atoms with van der Waals surface area (Å²) in [4.78, 5) is 27.4. The Morgan fingerprint density at radius 2 is 1.71 bits per heavy atom. The van der Waals surface area contributed by atoms with Crippen molar-refractivity contribution in [1.82, 2.24) is 4.90 Å². The Labute approximate surface area is 205 Å². The Hall–Kier alpha value is -3.90. The van der Waals surface area contributed by atoms with E-state index < -0.39 is 17.7 Å². The molecule has 35 heavy (non-hydrogen) atoms. The fraction of sp³-hybridized carbons (Fsp3) is 0.241. The quantitative estimate of drug-likeness (QED) is 0.205. The zero-order valence-electron chi connectivity index (χ0n) is 19.9. The molecule has 0 spiro atoms. The summed E-state index contributed by atoms with van der Waals surface area (Å²) < 4.78 is 11.0. The summed E-state index contributed by atoms with van der Waals surface area (Å²) in [5.74, 6) is -0.859. The number of aliphatic hydroxyl groups is 1. The highest BCUT2D eigenvalue weighted by Gasteiger charge is 2.45. The van der Waals surface area contributed by atoms with E-state index in [1.165, 1.54) is 4.90 Å². The van der Waals surface area contributed by atoms with E-state index in [1.54, 1.807) is 31.4 Å². The first-order valence-electron chi connectivity index (χ1n) is 11.6. The van der Waals surface area contributed by atoms with Gasteiger partial charge in [-0.2, -0.15) is 0 Å². The molecule has 1 heterocycles. The van der Waals surface area contributed by atoms with Crippen molar-refractivity contribution in [3.8, 4) is 5.75 Å². The highest BCUT2D eigenvalue weighted by Crippen LogP contribution is 2.39. The normalized spacial score (nSPS) is 17.1. The average molecular weight is 472 g/mol. The Balaban J connectivity index is 1.61. The van der Waals surface area contributed by atoms with Gasteiger partial charge in [0.2, 0.25) is 0 Å². The summed E-state index contributed by atoms with van der Waals surface area (Å²) in [6.45, 7) is 3.27. The van der Waals surface area contributed by atoms with Crippen molar-refractivity contribution in [2.75, 3.05) is 20.3 Å². The lowest BCUT2D eigenvalue weighted by atomic mass is 9.95. The number of amides is 1. The van der Waals surface area contributed by atoms with Gasteiger partial charge in [-0.1, -0.05) is 60.2 Å². The van der Waals surface area contributed by atoms with Crippen LogP contribution in [0.25, 0.3) is 5.76 Å². The summed E-state index contributed by atoms with van der Waals surface area (Å²) in [7, 11) is 1.59. The maximum atomic E-state index is 13.0. The van der Waals surface area contributed by atoms with Gasteiger partial charge in [-0.3, -0.25) is 9.59 Å². The molecule has 1 atom stereocenters. The predicted molar refractivity (Wildman–Crippen MR) is 134 cm³/mol. The summed E-state index contributed by atoms with van der Waals surface area (Å²) in [6.07, 6.45) is 0.583. The first-order chi connectivity index (χ1) is 17.0. The zero-order valence-corrected chi connectivity index (χ0v) is 19.9.